The lowest BCUT2D eigenvalue weighted by Gasteiger charge is -2.16. The highest BCUT2D eigenvalue weighted by Gasteiger charge is 2.32. The summed E-state index contributed by atoms with van der Waals surface area (Å²) in [5.41, 5.74) is 7.44. The predicted octanol–water partition coefficient (Wildman–Crippen LogP) is 5.59. The number of carbonyl (C=O) groups is 1. The minimum atomic E-state index is -3.63. The fourth-order valence-electron chi connectivity index (χ4n) is 5.19. The first kappa shape index (κ1) is 24.4. The summed E-state index contributed by atoms with van der Waals surface area (Å²) < 4.78 is 32.1. The molecule has 3 aromatic rings. The van der Waals surface area contributed by atoms with Crippen LogP contribution in [0.2, 0.25) is 0 Å². The Morgan fingerprint density at radius 1 is 0.944 bits per heavy atom. The molecule has 0 spiro atoms. The third kappa shape index (κ3) is 4.85. The third-order valence-corrected chi connectivity index (χ3v) is 8.60. The van der Waals surface area contributed by atoms with E-state index in [1.807, 2.05) is 38.1 Å². The van der Waals surface area contributed by atoms with E-state index in [2.05, 4.69) is 0 Å². The number of hydrogen-bond donors (Lipinski definition) is 0. The molecule has 0 unspecified atom stereocenters. The normalized spacial score (nSPS) is 15.9. The molecule has 2 aromatic carbocycles. The van der Waals surface area contributed by atoms with Crippen LogP contribution in [0.5, 0.6) is 0 Å². The van der Waals surface area contributed by atoms with Gasteiger partial charge in [0.15, 0.2) is 9.84 Å². The molecule has 0 saturated carbocycles. The topological polar surface area (TPSA) is 86.2 Å². The van der Waals surface area contributed by atoms with Crippen molar-refractivity contribution in [2.75, 3.05) is 6.61 Å². The van der Waals surface area contributed by atoms with Gasteiger partial charge in [0.25, 0.3) is 0 Å². The molecule has 7 heteroatoms. The smallest absolute Gasteiger partial charge is 0.338 e. The van der Waals surface area contributed by atoms with Gasteiger partial charge in [-0.15, -0.1) is 0 Å². The number of para-hydroxylation sites is 2. The second-order valence-corrected chi connectivity index (χ2v) is 11.5. The van der Waals surface area contributed by atoms with Crippen molar-refractivity contribution in [2.24, 2.45) is 0 Å². The lowest BCUT2D eigenvalue weighted by atomic mass is 9.91. The highest BCUT2D eigenvalue weighted by molar-refractivity contribution is 7.90. The molecule has 0 aliphatic heterocycles. The molecule has 36 heavy (non-hydrogen) atoms. The molecule has 2 aliphatic carbocycles. The summed E-state index contributed by atoms with van der Waals surface area (Å²) in [5, 5.41) is 0. The van der Waals surface area contributed by atoms with Crippen molar-refractivity contribution in [3.05, 3.63) is 87.8 Å². The minimum absolute atomic E-state index is 0.252. The molecule has 6 nitrogen and oxygen atoms in total. The lowest BCUT2D eigenvalue weighted by molar-refractivity contribution is -0.138. The average Bonchev–Trinajstić information content (AvgIpc) is 3.22. The first-order chi connectivity index (χ1) is 17.4. The second kappa shape index (κ2) is 9.97. The van der Waals surface area contributed by atoms with Crippen LogP contribution < -0.4 is 0 Å². The molecule has 0 atom stereocenters. The summed E-state index contributed by atoms with van der Waals surface area (Å²) in [7, 11) is -3.63. The molecule has 0 saturated heterocycles. The molecule has 0 N–H and O–H groups in total. The Bertz CT molecular complexity index is 1500. The van der Waals surface area contributed by atoms with E-state index in [1.165, 1.54) is 5.57 Å². The second-order valence-electron chi connectivity index (χ2n) is 9.52. The van der Waals surface area contributed by atoms with Gasteiger partial charge in [-0.2, -0.15) is 0 Å². The zero-order valence-corrected chi connectivity index (χ0v) is 21.5. The van der Waals surface area contributed by atoms with Crippen molar-refractivity contribution in [1.82, 2.24) is 9.97 Å². The number of esters is 1. The summed E-state index contributed by atoms with van der Waals surface area (Å²) in [6.07, 6.45) is 5.13. The highest BCUT2D eigenvalue weighted by atomic mass is 32.2. The molecular weight excluding hydrogens is 472 g/mol. The summed E-state index contributed by atoms with van der Waals surface area (Å²) in [6, 6.07) is 14.3. The fraction of sp³-hybridized carbons (Fsp3) is 0.345. The van der Waals surface area contributed by atoms with E-state index < -0.39 is 9.84 Å². The molecule has 186 valence electrons. The van der Waals surface area contributed by atoms with E-state index in [0.717, 1.165) is 42.4 Å². The number of hydrogen-bond acceptors (Lipinski definition) is 6. The van der Waals surface area contributed by atoms with E-state index in [0.29, 0.717) is 47.4 Å². The summed E-state index contributed by atoms with van der Waals surface area (Å²) in [4.78, 5) is 22.9. The number of aromatic nitrogens is 2. The van der Waals surface area contributed by atoms with Gasteiger partial charge in [0.05, 0.1) is 45.2 Å². The van der Waals surface area contributed by atoms with Gasteiger partial charge >= 0.3 is 5.97 Å². The lowest BCUT2D eigenvalue weighted by Crippen LogP contribution is -2.14. The van der Waals surface area contributed by atoms with Crippen LogP contribution in [0.15, 0.2) is 75.7 Å². The Labute approximate surface area is 212 Å². The van der Waals surface area contributed by atoms with Crippen LogP contribution in [0.4, 0.5) is 0 Å². The molecule has 0 fully saturated rings. The van der Waals surface area contributed by atoms with Crippen LogP contribution in [0, 0.1) is 6.92 Å². The Balaban J connectivity index is 1.57. The van der Waals surface area contributed by atoms with Gasteiger partial charge in [0.1, 0.15) is 0 Å². The molecule has 1 aromatic heterocycles. The standard InChI is InChI=1S/C29H30N2O4S/c1-3-35-29(32)28-21(16-20-8-4-5-9-23(20)28)17-26-27(31-25-11-7-6-10-24(25)30-26)18-36(33,34)22-14-12-19(2)13-15-22/h6-7,10-15H,3-5,8-9,16-18H2,1-2H3. The van der Waals surface area contributed by atoms with Crippen LogP contribution in [0.25, 0.3) is 11.0 Å². The maximum absolute atomic E-state index is 13.3. The van der Waals surface area contributed by atoms with Crippen molar-refractivity contribution < 1.29 is 17.9 Å². The van der Waals surface area contributed by atoms with E-state index >= 15 is 0 Å². The van der Waals surface area contributed by atoms with Gasteiger partial charge < -0.3 is 4.74 Å². The van der Waals surface area contributed by atoms with E-state index in [4.69, 9.17) is 14.7 Å². The van der Waals surface area contributed by atoms with Crippen molar-refractivity contribution in [3.8, 4) is 0 Å². The number of fused-ring (bicyclic) bond motifs is 1. The van der Waals surface area contributed by atoms with Crippen LogP contribution in [-0.4, -0.2) is 31.0 Å². The van der Waals surface area contributed by atoms with E-state index in [-0.39, 0.29) is 16.6 Å². The van der Waals surface area contributed by atoms with E-state index in [1.54, 1.807) is 24.3 Å². The van der Waals surface area contributed by atoms with Gasteiger partial charge in [-0.3, -0.25) is 0 Å². The molecule has 0 bridgehead atoms. The molecule has 5 rings (SSSR count). The molecule has 2 aliphatic rings. The van der Waals surface area contributed by atoms with Crippen molar-refractivity contribution in [3.63, 3.8) is 0 Å². The Kier molecular flexibility index (Phi) is 6.75. The van der Waals surface area contributed by atoms with Gasteiger partial charge in [0.2, 0.25) is 0 Å². The number of carbonyl (C=O) groups excluding carboxylic acids is 1. The number of ether oxygens (including phenoxy) is 1. The number of allylic oxidation sites excluding steroid dienone is 2. The average molecular weight is 503 g/mol. The first-order valence-electron chi connectivity index (χ1n) is 12.5. The number of nitrogens with zero attached hydrogens (tertiary/aromatic N) is 2. The third-order valence-electron chi connectivity index (χ3n) is 6.96. The SMILES string of the molecule is CCOC(=O)C1=C(Cc2nc3ccccc3nc2CS(=O)(=O)c2ccc(C)cc2)CC2=C1CCCC2. The van der Waals surface area contributed by atoms with Gasteiger partial charge in [-0.1, -0.05) is 35.4 Å². The Hall–Kier alpha value is -3.32. The van der Waals surface area contributed by atoms with E-state index in [9.17, 15) is 13.2 Å². The molecule has 0 radical (unpaired) electrons. The summed E-state index contributed by atoms with van der Waals surface area (Å²) >= 11 is 0. The van der Waals surface area contributed by atoms with Crippen LogP contribution in [0.3, 0.4) is 0 Å². The minimum Gasteiger partial charge on any atom is -0.462 e. The maximum Gasteiger partial charge on any atom is 0.338 e. The molecule has 0 amide bonds. The Morgan fingerprint density at radius 2 is 1.61 bits per heavy atom. The monoisotopic (exact) mass is 502 g/mol. The first-order valence-corrected chi connectivity index (χ1v) is 14.2. The van der Waals surface area contributed by atoms with Crippen molar-refractivity contribution in [2.45, 2.75) is 63.0 Å². The fourth-order valence-corrected chi connectivity index (χ4v) is 6.50. The van der Waals surface area contributed by atoms with Crippen molar-refractivity contribution in [1.29, 1.82) is 0 Å². The number of rotatable bonds is 7. The van der Waals surface area contributed by atoms with Crippen molar-refractivity contribution >= 4 is 26.8 Å². The number of sulfone groups is 1. The number of aryl methyl sites for hydroxylation is 1. The molecular formula is C29H30N2O4S. The quantitative estimate of drug-likeness (QED) is 0.392. The number of benzene rings is 2. The zero-order valence-electron chi connectivity index (χ0n) is 20.7. The van der Waals surface area contributed by atoms with Gasteiger partial charge in [0, 0.05) is 6.42 Å². The van der Waals surface area contributed by atoms with Crippen LogP contribution >= 0.6 is 0 Å². The summed E-state index contributed by atoms with van der Waals surface area (Å²) in [6.45, 7) is 4.05. The van der Waals surface area contributed by atoms with Crippen LogP contribution in [0.1, 0.15) is 56.0 Å². The van der Waals surface area contributed by atoms with Crippen LogP contribution in [-0.2, 0) is 31.5 Å². The zero-order chi connectivity index (χ0) is 25.3. The van der Waals surface area contributed by atoms with Gasteiger partial charge in [-0.25, -0.2) is 23.2 Å². The molecule has 1 heterocycles. The largest absolute Gasteiger partial charge is 0.462 e. The van der Waals surface area contributed by atoms with Gasteiger partial charge in [-0.05, 0) is 81.4 Å². The predicted molar refractivity (Wildman–Crippen MR) is 139 cm³/mol. The summed E-state index contributed by atoms with van der Waals surface area (Å²) in [5.74, 6) is -0.541. The Morgan fingerprint density at radius 3 is 2.31 bits per heavy atom. The maximum atomic E-state index is 13.3. The highest BCUT2D eigenvalue weighted by Crippen LogP contribution is 2.42.